The van der Waals surface area contributed by atoms with Crippen LogP contribution in [-0.4, -0.2) is 41.3 Å². The first-order chi connectivity index (χ1) is 16.2. The van der Waals surface area contributed by atoms with Crippen molar-refractivity contribution in [3.05, 3.63) is 41.5 Å². The van der Waals surface area contributed by atoms with Crippen LogP contribution in [0.2, 0.25) is 0 Å². The average molecular weight is 482 g/mol. The molecule has 1 aliphatic carbocycles. The second-order valence-electron chi connectivity index (χ2n) is 9.71. The molecule has 1 aliphatic heterocycles. The van der Waals surface area contributed by atoms with Gasteiger partial charge in [-0.25, -0.2) is 4.39 Å². The zero-order chi connectivity index (χ0) is 24.3. The number of ether oxygens (including phenoxy) is 1. The lowest BCUT2D eigenvalue weighted by Crippen LogP contribution is -2.35. The fourth-order valence-electron chi connectivity index (χ4n) is 5.41. The molecule has 0 spiro atoms. The van der Waals surface area contributed by atoms with Crippen LogP contribution in [0.1, 0.15) is 56.1 Å². The molecule has 2 aromatic carbocycles. The molecule has 8 heteroatoms. The highest BCUT2D eigenvalue weighted by Gasteiger charge is 2.41. The molecule has 0 bridgehead atoms. The SMILES string of the molecule is O=C(O)C[C@H]1CCCN(Cc2ccc3ccc(O[C@H]4CC[C@@H](C(F)(F)F)CC4)c(CF)c3c2)C1. The van der Waals surface area contributed by atoms with E-state index in [9.17, 15) is 22.4 Å². The first-order valence-electron chi connectivity index (χ1n) is 12.0. The van der Waals surface area contributed by atoms with Crippen molar-refractivity contribution in [2.45, 2.75) is 70.4 Å². The normalized spacial score (nSPS) is 24.3. The Morgan fingerprint density at radius 1 is 1.09 bits per heavy atom. The fraction of sp³-hybridized carbons (Fsp3) is 0.577. The molecule has 1 saturated heterocycles. The van der Waals surface area contributed by atoms with Crippen LogP contribution < -0.4 is 4.74 Å². The molecular formula is C26H31F4NO3. The Morgan fingerprint density at radius 3 is 2.50 bits per heavy atom. The number of carbonyl (C=O) groups is 1. The van der Waals surface area contributed by atoms with Gasteiger partial charge in [0.05, 0.1) is 12.0 Å². The summed E-state index contributed by atoms with van der Waals surface area (Å²) in [5, 5.41) is 10.7. The number of carboxylic acid groups (broad SMARTS) is 1. The first kappa shape index (κ1) is 24.8. The summed E-state index contributed by atoms with van der Waals surface area (Å²) in [6, 6.07) is 9.48. The maximum absolute atomic E-state index is 14.2. The number of rotatable bonds is 7. The Hall–Kier alpha value is -2.35. The minimum Gasteiger partial charge on any atom is -0.490 e. The summed E-state index contributed by atoms with van der Waals surface area (Å²) in [7, 11) is 0. The van der Waals surface area contributed by atoms with Crippen molar-refractivity contribution in [2.75, 3.05) is 13.1 Å². The zero-order valence-electron chi connectivity index (χ0n) is 19.1. The van der Waals surface area contributed by atoms with Gasteiger partial charge in [0.2, 0.25) is 0 Å². The average Bonchev–Trinajstić information content (AvgIpc) is 2.78. The summed E-state index contributed by atoms with van der Waals surface area (Å²) in [6.07, 6.45) is -1.79. The number of alkyl halides is 4. The number of aliphatic carboxylic acids is 1. The molecule has 0 aromatic heterocycles. The van der Waals surface area contributed by atoms with E-state index in [2.05, 4.69) is 4.90 Å². The molecule has 2 fully saturated rings. The highest BCUT2D eigenvalue weighted by molar-refractivity contribution is 5.88. The van der Waals surface area contributed by atoms with Crippen molar-refractivity contribution >= 4 is 16.7 Å². The van der Waals surface area contributed by atoms with E-state index < -0.39 is 24.7 Å². The van der Waals surface area contributed by atoms with Gasteiger partial charge in [-0.15, -0.1) is 0 Å². The fourth-order valence-corrected chi connectivity index (χ4v) is 5.41. The van der Waals surface area contributed by atoms with Crippen molar-refractivity contribution < 1.29 is 32.2 Å². The Kier molecular flexibility index (Phi) is 7.65. The smallest absolute Gasteiger partial charge is 0.391 e. The van der Waals surface area contributed by atoms with E-state index in [1.54, 1.807) is 6.07 Å². The van der Waals surface area contributed by atoms with E-state index in [0.29, 0.717) is 30.7 Å². The number of hydrogen-bond donors (Lipinski definition) is 1. The molecule has 2 aliphatic rings. The molecule has 2 aromatic rings. The minimum atomic E-state index is -4.17. The van der Waals surface area contributed by atoms with E-state index in [0.717, 1.165) is 42.3 Å². The maximum atomic E-state index is 14.2. The Morgan fingerprint density at radius 2 is 1.82 bits per heavy atom. The number of carboxylic acids is 1. The largest absolute Gasteiger partial charge is 0.490 e. The number of piperidine rings is 1. The third-order valence-electron chi connectivity index (χ3n) is 7.19. The molecule has 0 radical (unpaired) electrons. The molecule has 186 valence electrons. The highest BCUT2D eigenvalue weighted by Crippen LogP contribution is 2.39. The van der Waals surface area contributed by atoms with Crippen LogP contribution in [0.5, 0.6) is 5.75 Å². The lowest BCUT2D eigenvalue weighted by atomic mass is 9.87. The molecular weight excluding hydrogens is 450 g/mol. The number of likely N-dealkylation sites (tertiary alicyclic amines) is 1. The van der Waals surface area contributed by atoms with Gasteiger partial charge in [-0.1, -0.05) is 18.2 Å². The van der Waals surface area contributed by atoms with Gasteiger partial charge < -0.3 is 9.84 Å². The van der Waals surface area contributed by atoms with Gasteiger partial charge in [0.15, 0.2) is 0 Å². The number of halogens is 4. The molecule has 1 heterocycles. The molecule has 1 saturated carbocycles. The maximum Gasteiger partial charge on any atom is 0.391 e. The van der Waals surface area contributed by atoms with Gasteiger partial charge in [0.1, 0.15) is 12.4 Å². The minimum absolute atomic E-state index is 0.0373. The monoisotopic (exact) mass is 481 g/mol. The number of fused-ring (bicyclic) bond motifs is 1. The van der Waals surface area contributed by atoms with E-state index in [4.69, 9.17) is 9.84 Å². The molecule has 34 heavy (non-hydrogen) atoms. The second kappa shape index (κ2) is 10.5. The zero-order valence-corrected chi connectivity index (χ0v) is 19.1. The van der Waals surface area contributed by atoms with Gasteiger partial charge in [0, 0.05) is 25.1 Å². The van der Waals surface area contributed by atoms with Crippen LogP contribution in [0.15, 0.2) is 30.3 Å². The third-order valence-corrected chi connectivity index (χ3v) is 7.19. The Labute approximate surface area is 196 Å². The summed E-state index contributed by atoms with van der Waals surface area (Å²) in [6.45, 7) is 1.56. The molecule has 4 nitrogen and oxygen atoms in total. The lowest BCUT2D eigenvalue weighted by Gasteiger charge is -2.32. The Bertz CT molecular complexity index is 1000. The van der Waals surface area contributed by atoms with Crippen LogP contribution >= 0.6 is 0 Å². The molecule has 1 N–H and O–H groups in total. The Balaban J connectivity index is 1.47. The standard InChI is InChI=1S/C26H31F4NO3/c27-14-23-22-12-18(16-31-11-1-2-17(15-31)13-25(32)33)3-4-19(22)5-10-24(23)34-21-8-6-20(7-9-21)26(28,29)30/h3-5,10,12,17,20-21H,1-2,6-9,11,13-16H2,(H,32,33)/t17-,20-,21+/m1/s1. The summed E-state index contributed by atoms with van der Waals surface area (Å²) in [5.74, 6) is -1.51. The van der Waals surface area contributed by atoms with Gasteiger partial charge in [-0.3, -0.25) is 9.69 Å². The second-order valence-corrected chi connectivity index (χ2v) is 9.71. The summed E-state index contributed by atoms with van der Waals surface area (Å²) in [5.41, 5.74) is 1.45. The number of benzene rings is 2. The lowest BCUT2D eigenvalue weighted by molar-refractivity contribution is -0.185. The predicted octanol–water partition coefficient (Wildman–Crippen LogP) is 6.50. The van der Waals surface area contributed by atoms with Crippen molar-refractivity contribution in [3.8, 4) is 5.75 Å². The summed E-state index contributed by atoms with van der Waals surface area (Å²) in [4.78, 5) is 13.3. The van der Waals surface area contributed by atoms with E-state index in [-0.39, 0.29) is 31.3 Å². The van der Waals surface area contributed by atoms with Gasteiger partial charge >= 0.3 is 12.1 Å². The van der Waals surface area contributed by atoms with E-state index >= 15 is 0 Å². The van der Waals surface area contributed by atoms with Gasteiger partial charge in [0.25, 0.3) is 0 Å². The van der Waals surface area contributed by atoms with Crippen LogP contribution in [0.3, 0.4) is 0 Å². The molecule has 4 rings (SSSR count). The quantitative estimate of drug-likeness (QED) is 0.459. The van der Waals surface area contributed by atoms with Crippen LogP contribution in [-0.2, 0) is 18.0 Å². The van der Waals surface area contributed by atoms with Crippen LogP contribution in [0, 0.1) is 11.8 Å². The summed E-state index contributed by atoms with van der Waals surface area (Å²) >= 11 is 0. The van der Waals surface area contributed by atoms with E-state index in [1.165, 1.54) is 0 Å². The van der Waals surface area contributed by atoms with Crippen LogP contribution in [0.4, 0.5) is 17.6 Å². The van der Waals surface area contributed by atoms with Crippen LogP contribution in [0.25, 0.3) is 10.8 Å². The third kappa shape index (κ3) is 6.01. The number of hydrogen-bond acceptors (Lipinski definition) is 3. The topological polar surface area (TPSA) is 49.8 Å². The molecule has 0 unspecified atom stereocenters. The first-order valence-corrected chi connectivity index (χ1v) is 12.0. The summed E-state index contributed by atoms with van der Waals surface area (Å²) < 4.78 is 59.0. The highest BCUT2D eigenvalue weighted by atomic mass is 19.4. The van der Waals surface area contributed by atoms with E-state index in [1.807, 2.05) is 24.3 Å². The molecule has 0 amide bonds. The number of nitrogens with zero attached hydrogens (tertiary/aromatic N) is 1. The van der Waals surface area contributed by atoms with Crippen molar-refractivity contribution in [1.29, 1.82) is 0 Å². The van der Waals surface area contributed by atoms with Crippen molar-refractivity contribution in [1.82, 2.24) is 4.90 Å². The predicted molar refractivity (Wildman–Crippen MR) is 121 cm³/mol. The van der Waals surface area contributed by atoms with Gasteiger partial charge in [-0.2, -0.15) is 13.2 Å². The molecule has 1 atom stereocenters. The van der Waals surface area contributed by atoms with Gasteiger partial charge in [-0.05, 0) is 79.5 Å². The van der Waals surface area contributed by atoms with Crippen molar-refractivity contribution in [3.63, 3.8) is 0 Å². The van der Waals surface area contributed by atoms with Crippen molar-refractivity contribution in [2.24, 2.45) is 11.8 Å².